The Hall–Kier alpha value is -1.35. The van der Waals surface area contributed by atoms with Crippen molar-refractivity contribution in [2.75, 3.05) is 20.1 Å². The van der Waals surface area contributed by atoms with Crippen LogP contribution in [0, 0.1) is 6.92 Å². The molecule has 1 aromatic carbocycles. The molecule has 22 heavy (non-hydrogen) atoms. The largest absolute Gasteiger partial charge is 0.338 e. The monoisotopic (exact) mass is 300 g/mol. The molecule has 2 saturated heterocycles. The molecule has 1 aromatic rings. The van der Waals surface area contributed by atoms with Crippen molar-refractivity contribution in [3.05, 3.63) is 35.4 Å². The Morgan fingerprint density at radius 1 is 1.09 bits per heavy atom. The summed E-state index contributed by atoms with van der Waals surface area (Å²) in [5, 5.41) is 0. The normalized spacial score (nSPS) is 25.8. The van der Waals surface area contributed by atoms with E-state index in [4.69, 9.17) is 0 Å². The second kappa shape index (κ2) is 6.82. The molecule has 1 amide bonds. The maximum atomic E-state index is 12.7. The SMILES string of the molecule is Cc1ccc(CCC(=O)N2CCC[C@H]2[C@@H]2CCCN2C)cc1. The number of hydrogen-bond donors (Lipinski definition) is 0. The highest BCUT2D eigenvalue weighted by Gasteiger charge is 2.37. The van der Waals surface area contributed by atoms with E-state index in [0.29, 0.717) is 24.4 Å². The molecular weight excluding hydrogens is 272 g/mol. The zero-order valence-electron chi connectivity index (χ0n) is 13.9. The first kappa shape index (κ1) is 15.5. The van der Waals surface area contributed by atoms with Crippen LogP contribution in [-0.2, 0) is 11.2 Å². The van der Waals surface area contributed by atoms with Gasteiger partial charge >= 0.3 is 0 Å². The standard InChI is InChI=1S/C19H28N2O/c1-15-7-9-16(10-8-15)11-12-19(22)21-14-4-6-18(21)17-5-3-13-20(17)2/h7-10,17-18H,3-6,11-14H2,1-2H3/t17-,18-/m0/s1. The number of carbonyl (C=O) groups is 1. The minimum atomic E-state index is 0.350. The summed E-state index contributed by atoms with van der Waals surface area (Å²) in [5.41, 5.74) is 2.55. The van der Waals surface area contributed by atoms with Crippen molar-refractivity contribution in [3.8, 4) is 0 Å². The van der Waals surface area contributed by atoms with Gasteiger partial charge in [-0.1, -0.05) is 29.8 Å². The van der Waals surface area contributed by atoms with E-state index in [1.165, 1.54) is 43.4 Å². The highest BCUT2D eigenvalue weighted by molar-refractivity contribution is 5.77. The first-order chi connectivity index (χ1) is 10.6. The fraction of sp³-hybridized carbons (Fsp3) is 0.632. The lowest BCUT2D eigenvalue weighted by molar-refractivity contribution is -0.132. The van der Waals surface area contributed by atoms with E-state index in [-0.39, 0.29) is 0 Å². The van der Waals surface area contributed by atoms with Gasteiger partial charge in [-0.05, 0) is 58.2 Å². The highest BCUT2D eigenvalue weighted by Crippen LogP contribution is 2.29. The molecule has 0 saturated carbocycles. The Labute approximate surface area is 134 Å². The highest BCUT2D eigenvalue weighted by atomic mass is 16.2. The van der Waals surface area contributed by atoms with Gasteiger partial charge in [-0.3, -0.25) is 4.79 Å². The van der Waals surface area contributed by atoms with Gasteiger partial charge in [-0.2, -0.15) is 0 Å². The number of hydrogen-bond acceptors (Lipinski definition) is 2. The average Bonchev–Trinajstić information content (AvgIpc) is 3.14. The van der Waals surface area contributed by atoms with Crippen molar-refractivity contribution in [2.24, 2.45) is 0 Å². The van der Waals surface area contributed by atoms with Crippen LogP contribution in [0.1, 0.15) is 43.2 Å². The quantitative estimate of drug-likeness (QED) is 0.853. The van der Waals surface area contributed by atoms with Crippen molar-refractivity contribution in [1.82, 2.24) is 9.80 Å². The van der Waals surface area contributed by atoms with Gasteiger partial charge < -0.3 is 9.80 Å². The second-order valence-corrected chi connectivity index (χ2v) is 6.97. The fourth-order valence-electron chi connectivity index (χ4n) is 4.07. The third kappa shape index (κ3) is 3.35. The third-order valence-corrected chi connectivity index (χ3v) is 5.39. The van der Waals surface area contributed by atoms with Crippen molar-refractivity contribution in [2.45, 2.75) is 57.5 Å². The molecule has 0 spiro atoms. The van der Waals surface area contributed by atoms with E-state index in [0.717, 1.165) is 13.0 Å². The lowest BCUT2D eigenvalue weighted by Crippen LogP contribution is -2.47. The van der Waals surface area contributed by atoms with Crippen LogP contribution in [0.15, 0.2) is 24.3 Å². The van der Waals surface area contributed by atoms with Crippen LogP contribution in [0.3, 0.4) is 0 Å². The molecule has 0 radical (unpaired) electrons. The molecule has 2 aliphatic heterocycles. The number of rotatable bonds is 4. The lowest BCUT2D eigenvalue weighted by atomic mass is 10.0. The Balaban J connectivity index is 1.57. The summed E-state index contributed by atoms with van der Waals surface area (Å²) in [6, 6.07) is 9.60. The molecule has 0 N–H and O–H groups in total. The summed E-state index contributed by atoms with van der Waals surface area (Å²) in [6.07, 6.45) is 6.40. The predicted octanol–water partition coefficient (Wildman–Crippen LogP) is 3.01. The summed E-state index contributed by atoms with van der Waals surface area (Å²) < 4.78 is 0. The number of carbonyl (C=O) groups excluding carboxylic acids is 1. The van der Waals surface area contributed by atoms with Gasteiger partial charge in [0.1, 0.15) is 0 Å². The summed E-state index contributed by atoms with van der Waals surface area (Å²) in [5.74, 6) is 0.350. The van der Waals surface area contributed by atoms with Gasteiger partial charge in [0.15, 0.2) is 0 Å². The minimum Gasteiger partial charge on any atom is -0.338 e. The fourth-order valence-corrected chi connectivity index (χ4v) is 4.07. The zero-order chi connectivity index (χ0) is 15.5. The molecule has 120 valence electrons. The van der Waals surface area contributed by atoms with E-state index in [1.54, 1.807) is 0 Å². The molecule has 0 unspecified atom stereocenters. The molecule has 2 fully saturated rings. The first-order valence-corrected chi connectivity index (χ1v) is 8.70. The molecule has 3 heteroatoms. The van der Waals surface area contributed by atoms with Gasteiger partial charge in [0.25, 0.3) is 0 Å². The topological polar surface area (TPSA) is 23.6 Å². The van der Waals surface area contributed by atoms with Crippen molar-refractivity contribution < 1.29 is 4.79 Å². The van der Waals surface area contributed by atoms with Crippen molar-refractivity contribution in [3.63, 3.8) is 0 Å². The summed E-state index contributed by atoms with van der Waals surface area (Å²) in [4.78, 5) is 17.3. The second-order valence-electron chi connectivity index (χ2n) is 6.97. The molecule has 0 bridgehead atoms. The molecular formula is C19H28N2O. The molecule has 2 heterocycles. The van der Waals surface area contributed by atoms with Crippen LogP contribution >= 0.6 is 0 Å². The average molecular weight is 300 g/mol. The van der Waals surface area contributed by atoms with E-state index < -0.39 is 0 Å². The van der Waals surface area contributed by atoms with E-state index in [2.05, 4.69) is 48.0 Å². The number of aryl methyl sites for hydroxylation is 2. The van der Waals surface area contributed by atoms with Gasteiger partial charge in [-0.15, -0.1) is 0 Å². The number of benzene rings is 1. The Bertz CT molecular complexity index is 511. The van der Waals surface area contributed by atoms with Gasteiger partial charge in [0.05, 0.1) is 0 Å². The summed E-state index contributed by atoms with van der Waals surface area (Å²) in [6.45, 7) is 4.25. The Kier molecular flexibility index (Phi) is 4.82. The number of likely N-dealkylation sites (tertiary alicyclic amines) is 2. The smallest absolute Gasteiger partial charge is 0.223 e. The zero-order valence-corrected chi connectivity index (χ0v) is 13.9. The van der Waals surface area contributed by atoms with E-state index >= 15 is 0 Å². The summed E-state index contributed by atoms with van der Waals surface area (Å²) >= 11 is 0. The van der Waals surface area contributed by atoms with Crippen LogP contribution in [0.4, 0.5) is 0 Å². The van der Waals surface area contributed by atoms with Crippen molar-refractivity contribution in [1.29, 1.82) is 0 Å². The molecule has 3 rings (SSSR count). The number of nitrogens with zero attached hydrogens (tertiary/aromatic N) is 2. The first-order valence-electron chi connectivity index (χ1n) is 8.70. The summed E-state index contributed by atoms with van der Waals surface area (Å²) in [7, 11) is 2.21. The van der Waals surface area contributed by atoms with Crippen LogP contribution < -0.4 is 0 Å². The molecule has 3 nitrogen and oxygen atoms in total. The van der Waals surface area contributed by atoms with E-state index in [1.807, 2.05) is 0 Å². The maximum absolute atomic E-state index is 12.7. The maximum Gasteiger partial charge on any atom is 0.223 e. The van der Waals surface area contributed by atoms with Crippen LogP contribution in [0.5, 0.6) is 0 Å². The molecule has 0 aromatic heterocycles. The van der Waals surface area contributed by atoms with Gasteiger partial charge in [0, 0.05) is 25.0 Å². The Morgan fingerprint density at radius 2 is 1.77 bits per heavy atom. The van der Waals surface area contributed by atoms with Crippen molar-refractivity contribution >= 4 is 5.91 Å². The third-order valence-electron chi connectivity index (χ3n) is 5.39. The number of amides is 1. The van der Waals surface area contributed by atoms with Gasteiger partial charge in [0.2, 0.25) is 5.91 Å². The predicted molar refractivity (Wildman–Crippen MR) is 89.9 cm³/mol. The molecule has 2 aliphatic rings. The van der Waals surface area contributed by atoms with Crippen LogP contribution in [-0.4, -0.2) is 47.9 Å². The molecule has 0 aliphatic carbocycles. The van der Waals surface area contributed by atoms with Crippen LogP contribution in [0.2, 0.25) is 0 Å². The molecule has 2 atom stereocenters. The van der Waals surface area contributed by atoms with Gasteiger partial charge in [-0.25, -0.2) is 0 Å². The Morgan fingerprint density at radius 3 is 2.45 bits per heavy atom. The van der Waals surface area contributed by atoms with Crippen LogP contribution in [0.25, 0.3) is 0 Å². The minimum absolute atomic E-state index is 0.350. The lowest BCUT2D eigenvalue weighted by Gasteiger charge is -2.33. The number of likely N-dealkylation sites (N-methyl/N-ethyl adjacent to an activating group) is 1. The van der Waals surface area contributed by atoms with E-state index in [9.17, 15) is 4.79 Å².